The molecule has 0 heterocycles. The smallest absolute Gasteiger partial charge is 0.317 e. The topological polar surface area (TPSA) is 260 Å². The van der Waals surface area contributed by atoms with Gasteiger partial charge in [0.2, 0.25) is 0 Å². The summed E-state index contributed by atoms with van der Waals surface area (Å²) in [6.45, 7) is -1.88. The minimum Gasteiger partial charge on any atom is -0.480 e. The Kier molecular flexibility index (Phi) is 20.1. The van der Waals surface area contributed by atoms with Gasteiger partial charge in [0.1, 0.15) is 0 Å². The van der Waals surface area contributed by atoms with Gasteiger partial charge in [0.15, 0.2) is 0 Å². The molecule has 0 spiro atoms. The number of rotatable bonds is 12. The van der Waals surface area contributed by atoms with Crippen molar-refractivity contribution in [3.63, 3.8) is 0 Å². The van der Waals surface area contributed by atoms with Crippen molar-refractivity contribution >= 4 is 35.8 Å². The Balaban J connectivity index is -0.000000320. The normalized spacial score (nSPS) is 8.89. The molecule has 0 saturated heterocycles. The first-order chi connectivity index (χ1) is 12.4. The zero-order valence-corrected chi connectivity index (χ0v) is 13.9. The van der Waals surface area contributed by atoms with Crippen molar-refractivity contribution in [1.82, 2.24) is 16.0 Å². The molecule has 0 aliphatic carbocycles. The van der Waals surface area contributed by atoms with Crippen molar-refractivity contribution in [2.45, 2.75) is 0 Å². The van der Waals surface area contributed by atoms with Gasteiger partial charge in [0.05, 0.1) is 39.3 Å². The Morgan fingerprint density at radius 2 is 0.481 bits per heavy atom. The first-order valence-electron chi connectivity index (χ1n) is 6.81. The second-order valence-electron chi connectivity index (χ2n) is 4.17. The maximum absolute atomic E-state index is 9.73. The Morgan fingerprint density at radius 1 is 0.370 bits per heavy atom. The molecule has 0 saturated carbocycles. The van der Waals surface area contributed by atoms with Crippen LogP contribution < -0.4 is 16.0 Å². The lowest BCUT2D eigenvalue weighted by molar-refractivity contribution is -0.139. The lowest BCUT2D eigenvalue weighted by Gasteiger charge is -1.93. The predicted octanol–water partition coefficient (Wildman–Crippen LogP) is -3.76. The average Bonchev–Trinajstić information content (AvgIpc) is 2.46. The van der Waals surface area contributed by atoms with Crippen LogP contribution in [-0.2, 0) is 28.8 Å². The molecule has 0 aromatic rings. The lowest BCUT2D eigenvalue weighted by atomic mass is 10.6. The third kappa shape index (κ3) is 45.0. The van der Waals surface area contributed by atoms with Gasteiger partial charge in [-0.25, -0.2) is 0 Å². The number of carbonyl (C=O) groups is 6. The summed E-state index contributed by atoms with van der Waals surface area (Å²) in [6.07, 6.45) is 0. The van der Waals surface area contributed by atoms with Crippen molar-refractivity contribution in [1.29, 1.82) is 0 Å². The Morgan fingerprint density at radius 3 is 0.556 bits per heavy atom. The molecule has 0 fully saturated rings. The summed E-state index contributed by atoms with van der Waals surface area (Å²) in [5, 5.41) is 54.4. The van der Waals surface area contributed by atoms with E-state index in [4.69, 9.17) is 30.6 Å². The van der Waals surface area contributed by atoms with Gasteiger partial charge in [0.25, 0.3) is 0 Å². The first-order valence-corrected chi connectivity index (χ1v) is 6.81. The van der Waals surface area contributed by atoms with E-state index in [2.05, 4.69) is 16.0 Å². The highest BCUT2D eigenvalue weighted by atomic mass is 16.4. The van der Waals surface area contributed by atoms with Gasteiger partial charge in [0, 0.05) is 0 Å². The first kappa shape index (κ1) is 28.5. The Labute approximate surface area is 151 Å². The minimum absolute atomic E-state index is 0.313. The number of aliphatic carboxylic acids is 6. The van der Waals surface area contributed by atoms with Gasteiger partial charge in [-0.1, -0.05) is 0 Å². The molecule has 0 amide bonds. The molecular weight excluding hydrogens is 378 g/mol. The molecule has 15 heteroatoms. The molecule has 0 unspecified atom stereocenters. The zero-order chi connectivity index (χ0) is 21.8. The van der Waals surface area contributed by atoms with Gasteiger partial charge in [-0.3, -0.25) is 44.7 Å². The summed E-state index contributed by atoms with van der Waals surface area (Å²) < 4.78 is 0. The van der Waals surface area contributed by atoms with Crippen molar-refractivity contribution in [2.24, 2.45) is 0 Å². The third-order valence-electron chi connectivity index (χ3n) is 1.66. The highest BCUT2D eigenvalue weighted by molar-refractivity contribution is 5.73. The summed E-state index contributed by atoms with van der Waals surface area (Å²) in [4.78, 5) is 58.4. The molecule has 0 aliphatic heterocycles. The summed E-state index contributed by atoms with van der Waals surface area (Å²) in [6, 6.07) is 0. The minimum atomic E-state index is -1.06. The van der Waals surface area contributed by atoms with E-state index in [1.165, 1.54) is 0 Å². The molecule has 9 N–H and O–H groups in total. The summed E-state index contributed by atoms with van der Waals surface area (Å²) >= 11 is 0. The van der Waals surface area contributed by atoms with Crippen LogP contribution in [0, 0.1) is 0 Å². The molecule has 0 aromatic carbocycles. The molecule has 27 heavy (non-hydrogen) atoms. The highest BCUT2D eigenvalue weighted by Crippen LogP contribution is 1.62. The molecule has 0 atom stereocenters. The fraction of sp³-hybridized carbons (Fsp3) is 0.500. The van der Waals surface area contributed by atoms with Crippen molar-refractivity contribution in [3.8, 4) is 0 Å². The quantitative estimate of drug-likeness (QED) is 0.152. The number of carboxylic acid groups (broad SMARTS) is 6. The second-order valence-corrected chi connectivity index (χ2v) is 4.17. The van der Waals surface area contributed by atoms with Crippen molar-refractivity contribution in [2.75, 3.05) is 39.3 Å². The molecular formula is C12H21N3O12. The van der Waals surface area contributed by atoms with Crippen LogP contribution >= 0.6 is 0 Å². The second kappa shape index (κ2) is 19.0. The number of hydrogen-bond acceptors (Lipinski definition) is 9. The van der Waals surface area contributed by atoms with Gasteiger partial charge in [-0.2, -0.15) is 0 Å². The number of nitrogens with one attached hydrogen (secondary N) is 3. The molecule has 0 aliphatic rings. The SMILES string of the molecule is O=C(O)CNCC(=O)O.O=C(O)CNCC(=O)O.O=C(O)CNCC(=O)O. The van der Waals surface area contributed by atoms with E-state index in [1.807, 2.05) is 0 Å². The van der Waals surface area contributed by atoms with Gasteiger partial charge < -0.3 is 30.6 Å². The average molecular weight is 399 g/mol. The highest BCUT2D eigenvalue weighted by Gasteiger charge is 1.98. The van der Waals surface area contributed by atoms with E-state index in [1.54, 1.807) is 0 Å². The molecule has 0 aromatic heterocycles. The van der Waals surface area contributed by atoms with E-state index in [0.29, 0.717) is 0 Å². The fourth-order valence-corrected chi connectivity index (χ4v) is 0.829. The van der Waals surface area contributed by atoms with Crippen LogP contribution in [0.3, 0.4) is 0 Å². The van der Waals surface area contributed by atoms with Crippen LogP contribution in [0.25, 0.3) is 0 Å². The standard InChI is InChI=1S/3C4H7NO4/c3*6-3(7)1-5-2-4(8)9/h3*5H,1-2H2,(H,6,7)(H,8,9). The summed E-state index contributed by atoms with van der Waals surface area (Å²) in [7, 11) is 0. The van der Waals surface area contributed by atoms with Crippen LogP contribution in [0.15, 0.2) is 0 Å². The molecule has 0 radical (unpaired) electrons. The van der Waals surface area contributed by atoms with Gasteiger partial charge in [-0.15, -0.1) is 0 Å². The van der Waals surface area contributed by atoms with Gasteiger partial charge >= 0.3 is 35.8 Å². The molecule has 156 valence electrons. The van der Waals surface area contributed by atoms with E-state index in [-0.39, 0.29) is 39.3 Å². The van der Waals surface area contributed by atoms with Gasteiger partial charge in [-0.05, 0) is 0 Å². The largest absolute Gasteiger partial charge is 0.480 e. The van der Waals surface area contributed by atoms with Crippen LogP contribution in [0.5, 0.6) is 0 Å². The summed E-state index contributed by atoms with van der Waals surface area (Å²) in [5.41, 5.74) is 0. The third-order valence-corrected chi connectivity index (χ3v) is 1.66. The predicted molar refractivity (Wildman–Crippen MR) is 84.4 cm³/mol. The lowest BCUT2D eigenvalue weighted by Crippen LogP contribution is -2.27. The molecule has 0 rings (SSSR count). The maximum Gasteiger partial charge on any atom is 0.317 e. The Hall–Kier alpha value is -3.30. The summed E-state index contributed by atoms with van der Waals surface area (Å²) in [5.74, 6) is -6.35. The van der Waals surface area contributed by atoms with Crippen molar-refractivity contribution < 1.29 is 59.4 Å². The zero-order valence-electron chi connectivity index (χ0n) is 13.9. The molecule has 15 nitrogen and oxygen atoms in total. The number of hydrogen-bond donors (Lipinski definition) is 9. The van der Waals surface area contributed by atoms with Crippen molar-refractivity contribution in [3.05, 3.63) is 0 Å². The Bertz CT molecular complexity index is 395. The van der Waals surface area contributed by atoms with E-state index < -0.39 is 35.8 Å². The monoisotopic (exact) mass is 399 g/mol. The van der Waals surface area contributed by atoms with Crippen LogP contribution in [0.4, 0.5) is 0 Å². The van der Waals surface area contributed by atoms with Crippen LogP contribution in [0.1, 0.15) is 0 Å². The van der Waals surface area contributed by atoms with E-state index in [0.717, 1.165) is 0 Å². The van der Waals surface area contributed by atoms with Crippen LogP contribution in [0.2, 0.25) is 0 Å². The molecule has 0 bridgehead atoms. The van der Waals surface area contributed by atoms with Crippen LogP contribution in [-0.4, -0.2) is 106 Å². The number of carboxylic acids is 6. The maximum atomic E-state index is 9.73. The fourth-order valence-electron chi connectivity index (χ4n) is 0.829. The van der Waals surface area contributed by atoms with E-state index >= 15 is 0 Å². The van der Waals surface area contributed by atoms with E-state index in [9.17, 15) is 28.8 Å².